The van der Waals surface area contributed by atoms with Gasteiger partial charge in [0.05, 0.1) is 0 Å². The number of rotatable bonds is 4. The van der Waals surface area contributed by atoms with Crippen molar-refractivity contribution >= 4 is 35.3 Å². The molecule has 0 saturated carbocycles. The minimum atomic E-state index is -2.30. The van der Waals surface area contributed by atoms with Gasteiger partial charge in [-0.25, -0.2) is 0 Å². The van der Waals surface area contributed by atoms with Crippen molar-refractivity contribution < 1.29 is 0 Å². The van der Waals surface area contributed by atoms with Crippen LogP contribution in [0, 0.1) is 0 Å². The molecule has 0 saturated heterocycles. The summed E-state index contributed by atoms with van der Waals surface area (Å²) in [5, 5.41) is 3.32. The van der Waals surface area contributed by atoms with Crippen LogP contribution >= 0.6 is 12.6 Å². The van der Waals surface area contributed by atoms with Gasteiger partial charge >= 0.3 is 153 Å². The van der Waals surface area contributed by atoms with Crippen LogP contribution in [-0.2, 0) is 0 Å². The molecule has 0 atom stereocenters. The van der Waals surface area contributed by atoms with E-state index in [2.05, 4.69) is 99.5 Å². The van der Waals surface area contributed by atoms with Crippen molar-refractivity contribution in [2.45, 2.75) is 20.3 Å². The third-order valence-electron chi connectivity index (χ3n) is 7.63. The molecule has 2 aliphatic rings. The van der Waals surface area contributed by atoms with Crippen molar-refractivity contribution in [3.63, 3.8) is 0 Å². The van der Waals surface area contributed by atoms with Crippen LogP contribution in [0.1, 0.15) is 31.4 Å². The summed E-state index contributed by atoms with van der Waals surface area (Å²) in [6, 6.07) is 18.4. The van der Waals surface area contributed by atoms with E-state index < -0.39 is 12.6 Å². The third-order valence-corrected chi connectivity index (χ3v) is 32.1. The Labute approximate surface area is 152 Å². The molecule has 2 aliphatic heterocycles. The van der Waals surface area contributed by atoms with Crippen molar-refractivity contribution in [3.8, 4) is 0 Å². The molecule has 2 aromatic carbocycles. The normalized spacial score (nSPS) is 25.9. The molecule has 0 fully saturated rings. The molecule has 0 nitrogen and oxygen atoms in total. The molecule has 0 aliphatic carbocycles. The van der Waals surface area contributed by atoms with Crippen LogP contribution < -0.4 is 10.6 Å². The van der Waals surface area contributed by atoms with Crippen LogP contribution in [0.15, 0.2) is 60.2 Å². The van der Waals surface area contributed by atoms with Gasteiger partial charge in [0.25, 0.3) is 0 Å². The van der Waals surface area contributed by atoms with Gasteiger partial charge in [-0.05, 0) is 0 Å². The predicted octanol–water partition coefficient (Wildman–Crippen LogP) is 6.32. The second-order valence-corrected chi connectivity index (χ2v) is 25.1. The van der Waals surface area contributed by atoms with Gasteiger partial charge in [-0.3, -0.25) is 0 Å². The topological polar surface area (TPSA) is 0 Å². The molecule has 2 heterocycles. The average molecular weight is 368 g/mol. The van der Waals surface area contributed by atoms with E-state index in [9.17, 15) is 0 Å². The second kappa shape index (κ2) is 5.16. The number of hydrogen-bond donors (Lipinski definition) is 0. The van der Waals surface area contributed by atoms with Crippen molar-refractivity contribution in [2.75, 3.05) is 25.7 Å². The van der Waals surface area contributed by atoms with Crippen LogP contribution in [-0.4, -0.2) is 25.7 Å². The molecule has 4 rings (SSSR count). The van der Waals surface area contributed by atoms with Crippen molar-refractivity contribution in [2.24, 2.45) is 0 Å². The van der Waals surface area contributed by atoms with E-state index in [-0.39, 0.29) is 0 Å². The average Bonchev–Trinajstić information content (AvgIpc) is 3.13. The van der Waals surface area contributed by atoms with E-state index in [0.717, 1.165) is 0 Å². The first-order valence-corrected chi connectivity index (χ1v) is 16.1. The molecule has 25 heavy (non-hydrogen) atoms. The minimum absolute atomic E-state index is 1.24. The molecule has 2 heteroatoms. The summed E-state index contributed by atoms with van der Waals surface area (Å²) in [6.45, 7) is 10.2. The number of fused-ring (bicyclic) bond motifs is 2. The summed E-state index contributed by atoms with van der Waals surface area (Å²) >= 11 is 0. The zero-order chi connectivity index (χ0) is 17.8. The summed E-state index contributed by atoms with van der Waals surface area (Å²) < 4.78 is 0. The maximum absolute atomic E-state index is 2.72. The van der Waals surface area contributed by atoms with Crippen LogP contribution in [0.3, 0.4) is 0 Å². The Bertz CT molecular complexity index is 927. The molecule has 0 amide bonds. The number of hydrogen-bond acceptors (Lipinski definition) is 0. The molecule has 0 bridgehead atoms. The number of benzene rings is 2. The van der Waals surface area contributed by atoms with Crippen molar-refractivity contribution in [3.05, 3.63) is 71.3 Å². The second-order valence-electron chi connectivity index (χ2n) is 8.44. The Kier molecular flexibility index (Phi) is 3.55. The molecule has 0 spiro atoms. The summed E-state index contributed by atoms with van der Waals surface area (Å²) in [7, 11) is 0. The Morgan fingerprint density at radius 2 is 1.16 bits per heavy atom. The van der Waals surface area contributed by atoms with Crippen LogP contribution in [0.5, 0.6) is 0 Å². The third kappa shape index (κ3) is 1.71. The Morgan fingerprint density at radius 3 is 1.68 bits per heavy atom. The van der Waals surface area contributed by atoms with E-state index in [0.29, 0.717) is 0 Å². The zero-order valence-electron chi connectivity index (χ0n) is 15.9. The van der Waals surface area contributed by atoms with Gasteiger partial charge in [0.15, 0.2) is 0 Å². The van der Waals surface area contributed by atoms with Gasteiger partial charge in [0, 0.05) is 0 Å². The van der Waals surface area contributed by atoms with Crippen LogP contribution in [0.4, 0.5) is 0 Å². The molecular formula is C23H30P2. The van der Waals surface area contributed by atoms with E-state index in [4.69, 9.17) is 0 Å². The summed E-state index contributed by atoms with van der Waals surface area (Å²) in [6.07, 6.45) is 4.13. The van der Waals surface area contributed by atoms with E-state index in [1.54, 1.807) is 10.6 Å². The fourth-order valence-corrected chi connectivity index (χ4v) is 27.2. The molecule has 0 aromatic heterocycles. The summed E-state index contributed by atoms with van der Waals surface area (Å²) in [4.78, 5) is 0. The molecule has 0 N–H and O–H groups in total. The zero-order valence-corrected chi connectivity index (χ0v) is 17.7. The standard InChI is InChI=1S/C23H30P2/c1-5-17-25(4,19-16-21-12-8-10-14-23(21)25)24(3,6-2)18-15-20-11-7-9-13-22(20)24/h7-16,18-19H,5-6,17H2,1-4H3. The SMILES string of the molecule is CCCP1(C)(P2(C)(CC)C=Cc3ccccc32)C=Cc2ccccc21. The van der Waals surface area contributed by atoms with Gasteiger partial charge in [-0.15, -0.1) is 0 Å². The van der Waals surface area contributed by atoms with Gasteiger partial charge in [0.1, 0.15) is 0 Å². The van der Waals surface area contributed by atoms with Gasteiger partial charge < -0.3 is 0 Å². The molecule has 0 unspecified atom stereocenters. The monoisotopic (exact) mass is 368 g/mol. The molecule has 2 aromatic rings. The first-order chi connectivity index (χ1) is 11.9. The van der Waals surface area contributed by atoms with E-state index in [1.165, 1.54) is 29.9 Å². The Morgan fingerprint density at radius 1 is 0.680 bits per heavy atom. The summed E-state index contributed by atoms with van der Waals surface area (Å²) in [5.41, 5.74) is 2.93. The Balaban J connectivity index is 2.16. The van der Waals surface area contributed by atoms with Crippen molar-refractivity contribution in [1.82, 2.24) is 0 Å². The van der Waals surface area contributed by atoms with E-state index in [1.807, 2.05) is 0 Å². The van der Waals surface area contributed by atoms with Gasteiger partial charge in [-0.1, -0.05) is 0 Å². The first kappa shape index (κ1) is 17.2. The van der Waals surface area contributed by atoms with Crippen molar-refractivity contribution in [1.29, 1.82) is 0 Å². The molecule has 132 valence electrons. The first-order valence-electron chi connectivity index (χ1n) is 9.50. The van der Waals surface area contributed by atoms with E-state index >= 15 is 0 Å². The fraction of sp³-hybridized carbons (Fsp3) is 0.304. The van der Waals surface area contributed by atoms with Gasteiger partial charge in [0.2, 0.25) is 0 Å². The van der Waals surface area contributed by atoms with Crippen LogP contribution in [0.25, 0.3) is 12.2 Å². The molecular weight excluding hydrogens is 338 g/mol. The summed E-state index contributed by atoms with van der Waals surface area (Å²) in [5.74, 6) is 5.42. The van der Waals surface area contributed by atoms with Gasteiger partial charge in [-0.2, -0.15) is 0 Å². The Hall–Kier alpha value is -1.22. The van der Waals surface area contributed by atoms with Crippen LogP contribution in [0.2, 0.25) is 0 Å². The maximum atomic E-state index is 2.72. The quantitative estimate of drug-likeness (QED) is 0.554. The molecule has 0 radical (unpaired) electrons. The fourth-order valence-electron chi connectivity index (χ4n) is 5.77. The predicted molar refractivity (Wildman–Crippen MR) is 122 cm³/mol.